The molecule has 2 aromatic rings. The fourth-order valence-corrected chi connectivity index (χ4v) is 3.82. The van der Waals surface area contributed by atoms with E-state index in [1.165, 1.54) is 4.88 Å². The highest BCUT2D eigenvalue weighted by atomic mass is 35.5. The predicted molar refractivity (Wildman–Crippen MR) is 95.5 cm³/mol. The smallest absolute Gasteiger partial charge is 0.227 e. The molecule has 0 aliphatic heterocycles. The Kier molecular flexibility index (Phi) is 6.00. The number of halogens is 1. The molecule has 2 atom stereocenters. The van der Waals surface area contributed by atoms with Crippen LogP contribution in [0.15, 0.2) is 41.8 Å². The van der Waals surface area contributed by atoms with Crippen LogP contribution in [0.3, 0.4) is 0 Å². The average molecular weight is 337 g/mol. The first kappa shape index (κ1) is 17.0. The lowest BCUT2D eigenvalue weighted by atomic mass is 9.95. The van der Waals surface area contributed by atoms with Crippen molar-refractivity contribution in [3.05, 3.63) is 41.8 Å². The normalized spacial score (nSPS) is 20.4. The van der Waals surface area contributed by atoms with E-state index in [1.54, 1.807) is 11.3 Å². The van der Waals surface area contributed by atoms with Gasteiger partial charge in [0.25, 0.3) is 0 Å². The summed E-state index contributed by atoms with van der Waals surface area (Å²) in [7, 11) is 0. The molecule has 1 saturated carbocycles. The number of nitrogens with one attached hydrogen (secondary N) is 1. The van der Waals surface area contributed by atoms with Crippen molar-refractivity contribution in [3.63, 3.8) is 0 Å². The Morgan fingerprint density at radius 2 is 2.14 bits per heavy atom. The van der Waals surface area contributed by atoms with Gasteiger partial charge in [-0.15, -0.1) is 23.7 Å². The second-order valence-electron chi connectivity index (χ2n) is 5.58. The number of rotatable bonds is 4. The van der Waals surface area contributed by atoms with Crippen molar-refractivity contribution < 1.29 is 4.79 Å². The van der Waals surface area contributed by atoms with Crippen molar-refractivity contribution in [1.82, 2.24) is 0 Å². The van der Waals surface area contributed by atoms with Crippen molar-refractivity contribution >= 4 is 35.3 Å². The van der Waals surface area contributed by atoms with E-state index in [4.69, 9.17) is 5.73 Å². The average Bonchev–Trinajstić information content (AvgIpc) is 3.18. The molecular weight excluding hydrogens is 316 g/mol. The lowest BCUT2D eigenvalue weighted by Crippen LogP contribution is -2.29. The fraction of sp³-hybridized carbons (Fsp3) is 0.353. The van der Waals surface area contributed by atoms with Gasteiger partial charge >= 0.3 is 0 Å². The SMILES string of the molecule is Cl.NC[C@H]1CCC[C@H]1C(=O)Nc1cccc(-c2cccs2)c1. The third kappa shape index (κ3) is 3.69. The summed E-state index contributed by atoms with van der Waals surface area (Å²) in [5.41, 5.74) is 7.78. The van der Waals surface area contributed by atoms with Crippen LogP contribution in [0.1, 0.15) is 19.3 Å². The molecule has 1 amide bonds. The Bertz CT molecular complexity index is 615. The molecule has 3 rings (SSSR count). The van der Waals surface area contributed by atoms with Crippen LogP contribution in [-0.2, 0) is 4.79 Å². The summed E-state index contributed by atoms with van der Waals surface area (Å²) in [4.78, 5) is 13.6. The van der Waals surface area contributed by atoms with E-state index in [2.05, 4.69) is 22.8 Å². The molecule has 1 aliphatic rings. The zero-order valence-electron chi connectivity index (χ0n) is 12.3. The van der Waals surface area contributed by atoms with Crippen LogP contribution >= 0.6 is 23.7 Å². The van der Waals surface area contributed by atoms with Crippen molar-refractivity contribution in [2.24, 2.45) is 17.6 Å². The second-order valence-corrected chi connectivity index (χ2v) is 6.53. The largest absolute Gasteiger partial charge is 0.330 e. The Hall–Kier alpha value is -1.36. The minimum absolute atomic E-state index is 0. The van der Waals surface area contributed by atoms with Gasteiger partial charge in [-0.05, 0) is 54.4 Å². The van der Waals surface area contributed by atoms with E-state index >= 15 is 0 Å². The maximum atomic E-state index is 12.4. The van der Waals surface area contributed by atoms with E-state index < -0.39 is 0 Å². The molecule has 3 N–H and O–H groups in total. The number of amides is 1. The number of hydrogen-bond donors (Lipinski definition) is 2. The lowest BCUT2D eigenvalue weighted by molar-refractivity contribution is -0.120. The number of carbonyl (C=O) groups excluding carboxylic acids is 1. The van der Waals surface area contributed by atoms with E-state index in [1.807, 2.05) is 24.3 Å². The number of hydrogen-bond acceptors (Lipinski definition) is 3. The quantitative estimate of drug-likeness (QED) is 0.881. The van der Waals surface area contributed by atoms with E-state index in [9.17, 15) is 4.79 Å². The Morgan fingerprint density at radius 1 is 1.27 bits per heavy atom. The van der Waals surface area contributed by atoms with Crippen molar-refractivity contribution in [2.75, 3.05) is 11.9 Å². The van der Waals surface area contributed by atoms with Crippen LogP contribution < -0.4 is 11.1 Å². The Labute approximate surface area is 141 Å². The minimum atomic E-state index is 0. The van der Waals surface area contributed by atoms with Gasteiger partial charge in [0.1, 0.15) is 0 Å². The van der Waals surface area contributed by atoms with Crippen molar-refractivity contribution in [3.8, 4) is 10.4 Å². The van der Waals surface area contributed by atoms with E-state index in [0.717, 1.165) is 30.5 Å². The van der Waals surface area contributed by atoms with Crippen LogP contribution in [0.5, 0.6) is 0 Å². The van der Waals surface area contributed by atoms with Gasteiger partial charge in [0.15, 0.2) is 0 Å². The molecule has 22 heavy (non-hydrogen) atoms. The molecule has 0 bridgehead atoms. The van der Waals surface area contributed by atoms with Crippen LogP contribution in [-0.4, -0.2) is 12.5 Å². The van der Waals surface area contributed by atoms with Crippen LogP contribution in [0, 0.1) is 11.8 Å². The first-order valence-corrected chi connectivity index (χ1v) is 8.31. The predicted octanol–water partition coefficient (Wildman–Crippen LogP) is 4.15. The summed E-state index contributed by atoms with van der Waals surface area (Å²) in [6, 6.07) is 12.2. The van der Waals surface area contributed by atoms with Gasteiger partial charge < -0.3 is 11.1 Å². The number of nitrogens with two attached hydrogens (primary N) is 1. The third-order valence-corrected chi connectivity index (χ3v) is 5.15. The molecule has 1 aromatic carbocycles. The molecule has 118 valence electrons. The topological polar surface area (TPSA) is 55.1 Å². The number of thiophene rings is 1. The number of anilines is 1. The maximum absolute atomic E-state index is 12.4. The fourth-order valence-electron chi connectivity index (χ4n) is 3.09. The minimum Gasteiger partial charge on any atom is -0.330 e. The highest BCUT2D eigenvalue weighted by molar-refractivity contribution is 7.13. The summed E-state index contributed by atoms with van der Waals surface area (Å²) in [6.45, 7) is 0.604. The van der Waals surface area contributed by atoms with Gasteiger partial charge in [-0.25, -0.2) is 0 Å². The van der Waals surface area contributed by atoms with Crippen molar-refractivity contribution in [1.29, 1.82) is 0 Å². The van der Waals surface area contributed by atoms with Gasteiger partial charge in [0.2, 0.25) is 5.91 Å². The zero-order chi connectivity index (χ0) is 14.7. The standard InChI is InChI=1S/C17H20N2OS.ClH/c18-11-13-5-2-7-15(13)17(20)19-14-6-1-4-12(10-14)16-8-3-9-21-16;/h1,3-4,6,8-10,13,15H,2,5,7,11,18H2,(H,19,20);1H/t13-,15-;/m1./s1. The third-order valence-electron chi connectivity index (χ3n) is 4.23. The van der Waals surface area contributed by atoms with Gasteiger partial charge in [0.05, 0.1) is 0 Å². The monoisotopic (exact) mass is 336 g/mol. The van der Waals surface area contributed by atoms with Gasteiger partial charge in [-0.3, -0.25) is 4.79 Å². The molecule has 0 unspecified atom stereocenters. The summed E-state index contributed by atoms with van der Waals surface area (Å²) in [5.74, 6) is 0.525. The molecule has 1 aromatic heterocycles. The van der Waals surface area contributed by atoms with E-state index in [-0.39, 0.29) is 24.2 Å². The molecule has 1 heterocycles. The summed E-state index contributed by atoms with van der Waals surface area (Å²) in [6.07, 6.45) is 3.14. The highest BCUT2D eigenvalue weighted by Crippen LogP contribution is 2.32. The molecular formula is C17H21ClN2OS. The summed E-state index contributed by atoms with van der Waals surface area (Å²) >= 11 is 1.70. The molecule has 1 fully saturated rings. The van der Waals surface area contributed by atoms with Gasteiger partial charge in [-0.1, -0.05) is 24.6 Å². The molecule has 5 heteroatoms. The molecule has 3 nitrogen and oxygen atoms in total. The first-order chi connectivity index (χ1) is 10.3. The second kappa shape index (κ2) is 7.77. The first-order valence-electron chi connectivity index (χ1n) is 7.43. The molecule has 1 aliphatic carbocycles. The van der Waals surface area contributed by atoms with Gasteiger partial charge in [-0.2, -0.15) is 0 Å². The maximum Gasteiger partial charge on any atom is 0.227 e. The number of benzene rings is 1. The van der Waals surface area contributed by atoms with Crippen LogP contribution in [0.2, 0.25) is 0 Å². The molecule has 0 spiro atoms. The highest BCUT2D eigenvalue weighted by Gasteiger charge is 2.31. The zero-order valence-corrected chi connectivity index (χ0v) is 14.0. The summed E-state index contributed by atoms with van der Waals surface area (Å²) in [5, 5.41) is 5.12. The summed E-state index contributed by atoms with van der Waals surface area (Å²) < 4.78 is 0. The molecule has 0 saturated heterocycles. The lowest BCUT2D eigenvalue weighted by Gasteiger charge is -2.17. The van der Waals surface area contributed by atoms with Crippen LogP contribution in [0.25, 0.3) is 10.4 Å². The van der Waals surface area contributed by atoms with Gasteiger partial charge in [0, 0.05) is 16.5 Å². The van der Waals surface area contributed by atoms with Crippen LogP contribution in [0.4, 0.5) is 5.69 Å². The number of carbonyl (C=O) groups is 1. The van der Waals surface area contributed by atoms with E-state index in [0.29, 0.717) is 12.5 Å². The molecule has 0 radical (unpaired) electrons. The Morgan fingerprint density at radius 3 is 2.86 bits per heavy atom. The Balaban J connectivity index is 0.00000176. The van der Waals surface area contributed by atoms with Crippen molar-refractivity contribution in [2.45, 2.75) is 19.3 Å².